The minimum atomic E-state index is 0. The van der Waals surface area contributed by atoms with Gasteiger partial charge in [0.1, 0.15) is 0 Å². The van der Waals surface area contributed by atoms with E-state index >= 15 is 0 Å². The Morgan fingerprint density at radius 1 is 1.14 bits per heavy atom. The lowest BCUT2D eigenvalue weighted by Gasteiger charge is -2.26. The van der Waals surface area contributed by atoms with E-state index in [1.54, 1.807) is 11.3 Å². The molecule has 5 rings (SSSR count). The highest BCUT2D eigenvalue weighted by atomic mass is 35.5. The quantitative estimate of drug-likeness (QED) is 0.485. The number of aromatic hydroxyl groups is 1. The number of H-pyrrole nitrogens is 1. The highest BCUT2D eigenvalue weighted by Gasteiger charge is 2.16. The third-order valence-electron chi connectivity index (χ3n) is 5.18. The Morgan fingerprint density at radius 3 is 2.72 bits per heavy atom. The number of benzene rings is 1. The molecule has 5 nitrogen and oxygen atoms in total. The normalized spacial score (nSPS) is 14.8. The van der Waals surface area contributed by atoms with E-state index in [9.17, 15) is 5.11 Å². The van der Waals surface area contributed by atoms with Gasteiger partial charge < -0.3 is 14.8 Å². The molecule has 29 heavy (non-hydrogen) atoms. The number of thiophene rings is 1. The summed E-state index contributed by atoms with van der Waals surface area (Å²) < 4.78 is 5.41. The zero-order valence-corrected chi connectivity index (χ0v) is 17.4. The number of hydrogen-bond acceptors (Lipinski definition) is 5. The van der Waals surface area contributed by atoms with Crippen molar-refractivity contribution in [3.8, 4) is 27.6 Å². The van der Waals surface area contributed by atoms with E-state index < -0.39 is 0 Å². The third-order valence-corrected chi connectivity index (χ3v) is 6.09. The summed E-state index contributed by atoms with van der Waals surface area (Å²) in [5.74, 6) is 0.159. The first kappa shape index (κ1) is 19.9. The summed E-state index contributed by atoms with van der Waals surface area (Å²) >= 11 is 1.71. The van der Waals surface area contributed by atoms with Gasteiger partial charge in [0.05, 0.1) is 24.5 Å². The maximum atomic E-state index is 10.5. The van der Waals surface area contributed by atoms with Crippen LogP contribution >= 0.6 is 23.7 Å². The molecule has 1 aromatic carbocycles. The summed E-state index contributed by atoms with van der Waals surface area (Å²) in [4.78, 5) is 11.3. The van der Waals surface area contributed by atoms with Crippen molar-refractivity contribution >= 4 is 34.6 Å². The molecular weight excluding hydrogens is 406 g/mol. The van der Waals surface area contributed by atoms with Gasteiger partial charge in [0.15, 0.2) is 5.88 Å². The summed E-state index contributed by atoms with van der Waals surface area (Å²) in [5.41, 5.74) is 4.76. The van der Waals surface area contributed by atoms with Crippen molar-refractivity contribution in [2.45, 2.75) is 6.54 Å². The highest BCUT2D eigenvalue weighted by Crippen LogP contribution is 2.38. The van der Waals surface area contributed by atoms with E-state index in [-0.39, 0.29) is 18.3 Å². The Morgan fingerprint density at radius 2 is 2.00 bits per heavy atom. The predicted molar refractivity (Wildman–Crippen MR) is 120 cm³/mol. The standard InChI is InChI=1S/C22H21N3O2S.ClH/c26-22-21(17-12-16(4-6-18(17)24-22)20-2-1-11-28-20)19-5-3-15(13-23-19)14-25-7-9-27-10-8-25;/h1-6,11-13,24,26H,7-10,14H2;1H. The molecule has 0 bridgehead atoms. The number of fused-ring (bicyclic) bond motifs is 1. The maximum Gasteiger partial charge on any atom is 0.199 e. The summed E-state index contributed by atoms with van der Waals surface area (Å²) in [5, 5.41) is 13.6. The van der Waals surface area contributed by atoms with Crippen molar-refractivity contribution in [2.24, 2.45) is 0 Å². The monoisotopic (exact) mass is 427 g/mol. The van der Waals surface area contributed by atoms with Crippen molar-refractivity contribution < 1.29 is 9.84 Å². The molecule has 0 aliphatic carbocycles. The first-order chi connectivity index (χ1) is 13.8. The van der Waals surface area contributed by atoms with Crippen LogP contribution in [0.25, 0.3) is 32.6 Å². The first-order valence-electron chi connectivity index (χ1n) is 9.42. The van der Waals surface area contributed by atoms with Crippen LogP contribution in [0.5, 0.6) is 5.88 Å². The van der Waals surface area contributed by atoms with Gasteiger partial charge in [-0.1, -0.05) is 18.2 Å². The smallest absolute Gasteiger partial charge is 0.199 e. The molecule has 1 fully saturated rings. The molecule has 3 aromatic heterocycles. The minimum absolute atomic E-state index is 0. The maximum absolute atomic E-state index is 10.5. The van der Waals surface area contributed by atoms with E-state index in [4.69, 9.17) is 4.74 Å². The number of rotatable bonds is 4. The lowest BCUT2D eigenvalue weighted by atomic mass is 10.0. The molecule has 0 atom stereocenters. The Bertz CT molecular complexity index is 1090. The van der Waals surface area contributed by atoms with Gasteiger partial charge in [0.2, 0.25) is 0 Å². The summed E-state index contributed by atoms with van der Waals surface area (Å²) in [7, 11) is 0. The molecule has 7 heteroatoms. The minimum Gasteiger partial charge on any atom is -0.494 e. The van der Waals surface area contributed by atoms with Gasteiger partial charge in [-0.2, -0.15) is 0 Å². The van der Waals surface area contributed by atoms with E-state index in [0.29, 0.717) is 0 Å². The van der Waals surface area contributed by atoms with Crippen LogP contribution in [0, 0.1) is 0 Å². The molecule has 0 radical (unpaired) electrons. The van der Waals surface area contributed by atoms with Crippen molar-refractivity contribution in [3.63, 3.8) is 0 Å². The van der Waals surface area contributed by atoms with E-state index in [2.05, 4.69) is 50.6 Å². The van der Waals surface area contributed by atoms with Crippen LogP contribution in [-0.2, 0) is 11.3 Å². The predicted octanol–water partition coefficient (Wildman–Crippen LogP) is 4.92. The molecule has 0 amide bonds. The molecule has 2 N–H and O–H groups in total. The second-order valence-corrected chi connectivity index (χ2v) is 7.97. The number of hydrogen-bond donors (Lipinski definition) is 2. The number of aromatic amines is 1. The molecule has 0 saturated carbocycles. The van der Waals surface area contributed by atoms with Gasteiger partial charge in [0.25, 0.3) is 0 Å². The third kappa shape index (κ3) is 4.02. The fraction of sp³-hybridized carbons (Fsp3) is 0.227. The molecule has 1 aliphatic heterocycles. The van der Waals surface area contributed by atoms with Crippen LogP contribution in [-0.4, -0.2) is 46.3 Å². The fourth-order valence-electron chi connectivity index (χ4n) is 3.72. The van der Waals surface area contributed by atoms with Gasteiger partial charge in [-0.15, -0.1) is 23.7 Å². The zero-order valence-electron chi connectivity index (χ0n) is 15.8. The van der Waals surface area contributed by atoms with E-state index in [1.165, 1.54) is 10.4 Å². The molecular formula is C22H22ClN3O2S. The van der Waals surface area contributed by atoms with E-state index in [1.807, 2.05) is 18.3 Å². The van der Waals surface area contributed by atoms with Crippen LogP contribution in [0.2, 0.25) is 0 Å². The number of aromatic nitrogens is 2. The van der Waals surface area contributed by atoms with Crippen LogP contribution in [0.15, 0.2) is 54.0 Å². The van der Waals surface area contributed by atoms with Crippen LogP contribution < -0.4 is 0 Å². The number of nitrogens with one attached hydrogen (secondary N) is 1. The Labute approximate surface area is 179 Å². The Kier molecular flexibility index (Phi) is 5.87. The number of pyridine rings is 1. The Balaban J connectivity index is 0.00000205. The van der Waals surface area contributed by atoms with Crippen LogP contribution in [0.4, 0.5) is 0 Å². The van der Waals surface area contributed by atoms with Gasteiger partial charge in [0, 0.05) is 41.6 Å². The SMILES string of the molecule is Cl.Oc1[nH]c2ccc(-c3cccs3)cc2c1-c1ccc(CN2CCOCC2)cn1. The molecule has 0 spiro atoms. The molecule has 0 unspecified atom stereocenters. The fourth-order valence-corrected chi connectivity index (χ4v) is 4.44. The largest absolute Gasteiger partial charge is 0.494 e. The number of halogens is 1. The molecule has 4 aromatic rings. The van der Waals surface area contributed by atoms with Gasteiger partial charge in [-0.05, 0) is 40.8 Å². The average molecular weight is 428 g/mol. The number of nitrogens with zero attached hydrogens (tertiary/aromatic N) is 2. The van der Waals surface area contributed by atoms with Crippen molar-refractivity contribution in [1.82, 2.24) is 14.9 Å². The molecule has 150 valence electrons. The second-order valence-electron chi connectivity index (χ2n) is 7.03. The molecule has 1 saturated heterocycles. The topological polar surface area (TPSA) is 61.4 Å². The summed E-state index contributed by atoms with van der Waals surface area (Å²) in [6, 6.07) is 14.5. The van der Waals surface area contributed by atoms with Crippen LogP contribution in [0.3, 0.4) is 0 Å². The van der Waals surface area contributed by atoms with Crippen molar-refractivity contribution in [1.29, 1.82) is 0 Å². The second kappa shape index (κ2) is 8.55. The van der Waals surface area contributed by atoms with Gasteiger partial charge in [-0.3, -0.25) is 9.88 Å². The van der Waals surface area contributed by atoms with Crippen molar-refractivity contribution in [3.05, 3.63) is 59.6 Å². The molecule has 4 heterocycles. The number of morpholine rings is 1. The zero-order chi connectivity index (χ0) is 18.9. The number of ether oxygens (including phenoxy) is 1. The summed E-state index contributed by atoms with van der Waals surface area (Å²) in [6.45, 7) is 4.37. The lowest BCUT2D eigenvalue weighted by Crippen LogP contribution is -2.35. The first-order valence-corrected chi connectivity index (χ1v) is 10.3. The van der Waals surface area contributed by atoms with Gasteiger partial charge >= 0.3 is 0 Å². The summed E-state index contributed by atoms with van der Waals surface area (Å²) in [6.07, 6.45) is 1.91. The Hall–Kier alpha value is -2.38. The van der Waals surface area contributed by atoms with Crippen molar-refractivity contribution in [2.75, 3.05) is 26.3 Å². The molecule has 1 aliphatic rings. The van der Waals surface area contributed by atoms with Crippen LogP contribution in [0.1, 0.15) is 5.56 Å². The van der Waals surface area contributed by atoms with E-state index in [0.717, 1.165) is 60.6 Å². The van der Waals surface area contributed by atoms with Gasteiger partial charge in [-0.25, -0.2) is 0 Å². The highest BCUT2D eigenvalue weighted by molar-refractivity contribution is 7.13. The lowest BCUT2D eigenvalue weighted by molar-refractivity contribution is 0.0341. The average Bonchev–Trinajstić information content (AvgIpc) is 3.36.